The molecule has 0 aliphatic heterocycles. The van der Waals surface area contributed by atoms with E-state index in [1.54, 1.807) is 0 Å². The fourth-order valence-corrected chi connectivity index (χ4v) is 2.02. The number of unbranched alkanes of at least 4 members (excludes halogenated alkanes) is 2. The van der Waals surface area contributed by atoms with Gasteiger partial charge in [-0.2, -0.15) is 0 Å². The third-order valence-electron chi connectivity index (χ3n) is 3.04. The summed E-state index contributed by atoms with van der Waals surface area (Å²) in [7, 11) is 0. The molecule has 0 saturated heterocycles. The van der Waals surface area contributed by atoms with Crippen LogP contribution >= 0.6 is 0 Å². The van der Waals surface area contributed by atoms with Gasteiger partial charge in [-0.1, -0.05) is 30.3 Å². The summed E-state index contributed by atoms with van der Waals surface area (Å²) in [6.07, 6.45) is -2.81. The second-order valence-electron chi connectivity index (χ2n) is 4.71. The molecule has 0 aliphatic carbocycles. The smallest absolute Gasteiger partial charge is 0.494 e. The largest absolute Gasteiger partial charge is 0.522 e. The molecule has 0 atom stereocenters. The van der Waals surface area contributed by atoms with Crippen LogP contribution in [0.3, 0.4) is 0 Å². The maximum atomic E-state index is 11.7. The van der Waals surface area contributed by atoms with Gasteiger partial charge < -0.3 is 4.74 Å². The van der Waals surface area contributed by atoms with Crippen LogP contribution in [0.15, 0.2) is 42.5 Å². The summed E-state index contributed by atoms with van der Waals surface area (Å²) < 4.78 is 44.5. The molecule has 2 aromatic carbocycles. The first-order valence-electron chi connectivity index (χ1n) is 6.87. The van der Waals surface area contributed by atoms with Crippen LogP contribution in [0.4, 0.5) is 13.2 Å². The molecule has 0 aromatic heterocycles. The van der Waals surface area contributed by atoms with Crippen LogP contribution in [0, 0.1) is 0 Å². The number of fused-ring (bicyclic) bond motifs is 1. The maximum Gasteiger partial charge on any atom is 0.522 e. The normalized spacial score (nSPS) is 11.8. The van der Waals surface area contributed by atoms with Crippen LogP contribution < -0.4 is 4.74 Å². The zero-order valence-electron chi connectivity index (χ0n) is 11.5. The van der Waals surface area contributed by atoms with Crippen LogP contribution in [-0.2, 0) is 4.74 Å². The molecule has 2 nitrogen and oxygen atoms in total. The van der Waals surface area contributed by atoms with Crippen molar-refractivity contribution < 1.29 is 22.6 Å². The van der Waals surface area contributed by atoms with Gasteiger partial charge in [-0.05, 0) is 42.2 Å². The quantitative estimate of drug-likeness (QED) is 0.675. The Balaban J connectivity index is 1.66. The second kappa shape index (κ2) is 7.31. The molecular weight excluding hydrogens is 281 g/mol. The van der Waals surface area contributed by atoms with Gasteiger partial charge in [-0.25, -0.2) is 0 Å². The summed E-state index contributed by atoms with van der Waals surface area (Å²) >= 11 is 0. The van der Waals surface area contributed by atoms with Crippen molar-refractivity contribution in [1.29, 1.82) is 0 Å². The van der Waals surface area contributed by atoms with Gasteiger partial charge in [0.25, 0.3) is 0 Å². The molecule has 21 heavy (non-hydrogen) atoms. The molecule has 0 radical (unpaired) electrons. The molecule has 0 aliphatic rings. The van der Waals surface area contributed by atoms with Gasteiger partial charge in [0.15, 0.2) is 0 Å². The van der Waals surface area contributed by atoms with E-state index in [9.17, 15) is 13.2 Å². The van der Waals surface area contributed by atoms with Gasteiger partial charge in [0, 0.05) is 0 Å². The average molecular weight is 298 g/mol. The van der Waals surface area contributed by atoms with Gasteiger partial charge in [-0.15, -0.1) is 13.2 Å². The summed E-state index contributed by atoms with van der Waals surface area (Å²) in [5.74, 6) is 0.778. The van der Waals surface area contributed by atoms with Gasteiger partial charge in [0.2, 0.25) is 0 Å². The van der Waals surface area contributed by atoms with Crippen molar-refractivity contribution in [2.45, 2.75) is 25.6 Å². The summed E-state index contributed by atoms with van der Waals surface area (Å²) in [4.78, 5) is 0. The highest BCUT2D eigenvalue weighted by atomic mass is 19.4. The molecule has 0 unspecified atom stereocenters. The molecule has 0 amide bonds. The summed E-state index contributed by atoms with van der Waals surface area (Å²) in [5.41, 5.74) is 0. The Kier molecular flexibility index (Phi) is 5.44. The van der Waals surface area contributed by atoms with Crippen LogP contribution in [0.5, 0.6) is 5.75 Å². The van der Waals surface area contributed by atoms with Crippen molar-refractivity contribution in [2.75, 3.05) is 13.2 Å². The average Bonchev–Trinajstić information content (AvgIpc) is 2.45. The Labute approximate surface area is 121 Å². The summed E-state index contributed by atoms with van der Waals surface area (Å²) in [6, 6.07) is 13.8. The molecule has 0 bridgehead atoms. The predicted octanol–water partition coefficient (Wildman–Crippen LogP) is 4.93. The third kappa shape index (κ3) is 5.63. The molecule has 114 valence electrons. The van der Waals surface area contributed by atoms with Gasteiger partial charge in [-0.3, -0.25) is 4.74 Å². The lowest BCUT2D eigenvalue weighted by Gasteiger charge is -2.08. The molecular formula is C16H17F3O2. The number of benzene rings is 2. The molecule has 0 N–H and O–H groups in total. The minimum Gasteiger partial charge on any atom is -0.494 e. The van der Waals surface area contributed by atoms with Crippen molar-refractivity contribution in [3.05, 3.63) is 42.5 Å². The molecule has 0 fully saturated rings. The van der Waals surface area contributed by atoms with E-state index in [1.807, 2.05) is 42.5 Å². The SMILES string of the molecule is FC(F)(F)OCCCCCOc1ccc2ccccc2c1. The molecule has 0 heterocycles. The highest BCUT2D eigenvalue weighted by Crippen LogP contribution is 2.21. The molecule has 0 spiro atoms. The highest BCUT2D eigenvalue weighted by molar-refractivity contribution is 5.83. The first-order valence-corrected chi connectivity index (χ1v) is 6.87. The van der Waals surface area contributed by atoms with Crippen molar-refractivity contribution in [1.82, 2.24) is 0 Å². The van der Waals surface area contributed by atoms with E-state index in [0.717, 1.165) is 16.5 Å². The van der Waals surface area contributed by atoms with Gasteiger partial charge >= 0.3 is 6.36 Å². The second-order valence-corrected chi connectivity index (χ2v) is 4.71. The molecule has 0 saturated carbocycles. The Hall–Kier alpha value is -1.75. The predicted molar refractivity (Wildman–Crippen MR) is 75.3 cm³/mol. The topological polar surface area (TPSA) is 18.5 Å². The van der Waals surface area contributed by atoms with E-state index >= 15 is 0 Å². The number of hydrogen-bond acceptors (Lipinski definition) is 2. The van der Waals surface area contributed by atoms with Crippen molar-refractivity contribution >= 4 is 10.8 Å². The number of ether oxygens (including phenoxy) is 2. The number of rotatable bonds is 7. The minimum atomic E-state index is -4.53. The number of hydrogen-bond donors (Lipinski definition) is 0. The van der Waals surface area contributed by atoms with Crippen LogP contribution in [0.1, 0.15) is 19.3 Å². The van der Waals surface area contributed by atoms with Crippen LogP contribution in [0.25, 0.3) is 10.8 Å². The maximum absolute atomic E-state index is 11.7. The van der Waals surface area contributed by atoms with Crippen molar-refractivity contribution in [2.24, 2.45) is 0 Å². The molecule has 5 heteroatoms. The third-order valence-corrected chi connectivity index (χ3v) is 3.04. The van der Waals surface area contributed by atoms with E-state index in [4.69, 9.17) is 4.74 Å². The van der Waals surface area contributed by atoms with Crippen LogP contribution in [-0.4, -0.2) is 19.6 Å². The fourth-order valence-electron chi connectivity index (χ4n) is 2.02. The van der Waals surface area contributed by atoms with E-state index in [-0.39, 0.29) is 6.61 Å². The van der Waals surface area contributed by atoms with E-state index in [2.05, 4.69) is 4.74 Å². The molecule has 2 rings (SSSR count). The molecule has 2 aromatic rings. The Morgan fingerprint density at radius 2 is 1.52 bits per heavy atom. The van der Waals surface area contributed by atoms with E-state index in [0.29, 0.717) is 25.9 Å². The summed E-state index contributed by atoms with van der Waals surface area (Å²) in [6.45, 7) is 0.198. The van der Waals surface area contributed by atoms with Crippen molar-refractivity contribution in [3.8, 4) is 5.75 Å². The Morgan fingerprint density at radius 1 is 0.810 bits per heavy atom. The lowest BCUT2D eigenvalue weighted by atomic mass is 10.1. The van der Waals surface area contributed by atoms with E-state index < -0.39 is 6.36 Å². The van der Waals surface area contributed by atoms with Gasteiger partial charge in [0.1, 0.15) is 5.75 Å². The van der Waals surface area contributed by atoms with Crippen LogP contribution in [0.2, 0.25) is 0 Å². The zero-order chi connectivity index (χ0) is 15.1. The standard InChI is InChI=1S/C16H17F3O2/c17-16(18,19)21-11-5-1-4-10-20-15-9-8-13-6-2-3-7-14(13)12-15/h2-3,6-9,12H,1,4-5,10-11H2. The van der Waals surface area contributed by atoms with E-state index in [1.165, 1.54) is 0 Å². The minimum absolute atomic E-state index is 0.292. The first-order chi connectivity index (χ1) is 10.0. The lowest BCUT2D eigenvalue weighted by Crippen LogP contribution is -2.14. The zero-order valence-corrected chi connectivity index (χ0v) is 11.5. The number of alkyl halides is 3. The highest BCUT2D eigenvalue weighted by Gasteiger charge is 2.28. The Morgan fingerprint density at radius 3 is 2.29 bits per heavy atom. The fraction of sp³-hybridized carbons (Fsp3) is 0.375. The number of halogens is 3. The van der Waals surface area contributed by atoms with Crippen molar-refractivity contribution in [3.63, 3.8) is 0 Å². The lowest BCUT2D eigenvalue weighted by molar-refractivity contribution is -0.324. The van der Waals surface area contributed by atoms with Gasteiger partial charge in [0.05, 0.1) is 13.2 Å². The monoisotopic (exact) mass is 298 g/mol. The first kappa shape index (κ1) is 15.6. The summed E-state index contributed by atoms with van der Waals surface area (Å²) in [5, 5.41) is 2.25. The Bertz CT molecular complexity index is 567.